The van der Waals surface area contributed by atoms with E-state index >= 15 is 0 Å². The van der Waals surface area contributed by atoms with E-state index in [9.17, 15) is 28.1 Å². The summed E-state index contributed by atoms with van der Waals surface area (Å²) in [6.45, 7) is 1.29. The average Bonchev–Trinajstić information content (AvgIpc) is 3.20. The molecule has 156 valence electrons. The third kappa shape index (κ3) is 5.26. The predicted molar refractivity (Wildman–Crippen MR) is 104 cm³/mol. The zero-order valence-corrected chi connectivity index (χ0v) is 16.3. The Morgan fingerprint density at radius 2 is 2.00 bits per heavy atom. The number of nitrogens with one attached hydrogen (secondary N) is 1. The van der Waals surface area contributed by atoms with Crippen molar-refractivity contribution in [1.29, 1.82) is 0 Å². The molecule has 0 saturated carbocycles. The number of carbonyl (C=O) groups excluding carboxylic acids is 1. The molecule has 0 aliphatic carbocycles. The van der Waals surface area contributed by atoms with Crippen LogP contribution < -0.4 is 10.2 Å². The number of benzene rings is 1. The highest BCUT2D eigenvalue weighted by atomic mass is 32.1. The van der Waals surface area contributed by atoms with Gasteiger partial charge in [0, 0.05) is 36.5 Å². The van der Waals surface area contributed by atoms with Gasteiger partial charge in [-0.05, 0) is 42.8 Å². The van der Waals surface area contributed by atoms with Crippen LogP contribution in [0.5, 0.6) is 0 Å². The van der Waals surface area contributed by atoms with E-state index in [1.165, 1.54) is 4.88 Å². The lowest BCUT2D eigenvalue weighted by Gasteiger charge is -2.32. The average molecular weight is 427 g/mol. The predicted octanol–water partition coefficient (Wildman–Crippen LogP) is 4.25. The minimum Gasteiger partial charge on any atom is -0.366 e. The molecule has 1 aliphatic rings. The lowest BCUT2D eigenvalue weighted by atomic mass is 9.95. The monoisotopic (exact) mass is 427 g/mol. The number of anilines is 1. The summed E-state index contributed by atoms with van der Waals surface area (Å²) >= 11 is 1.63. The lowest BCUT2D eigenvalue weighted by Crippen LogP contribution is -2.41. The van der Waals surface area contributed by atoms with Crippen molar-refractivity contribution in [3.8, 4) is 0 Å². The standard InChI is InChI=1S/C19H20F3N3O3S/c20-19(21,22)14-3-4-16(17(12-14)25(27)28)24-9-6-13(7-10-24)18(26)23-8-5-15-2-1-11-29-15/h1-4,11-13H,5-10H2,(H,23,26). The van der Waals surface area contributed by atoms with Gasteiger partial charge in [0.2, 0.25) is 5.91 Å². The van der Waals surface area contributed by atoms with Gasteiger partial charge in [-0.15, -0.1) is 11.3 Å². The van der Waals surface area contributed by atoms with Gasteiger partial charge in [0.25, 0.3) is 5.69 Å². The number of amides is 1. The third-order valence-corrected chi connectivity index (χ3v) is 5.89. The number of carbonyl (C=O) groups is 1. The molecular weight excluding hydrogens is 407 g/mol. The first-order valence-electron chi connectivity index (χ1n) is 9.16. The topological polar surface area (TPSA) is 75.5 Å². The van der Waals surface area contributed by atoms with Crippen LogP contribution in [0.25, 0.3) is 0 Å². The number of nitro groups is 1. The van der Waals surface area contributed by atoms with Gasteiger partial charge in [0.05, 0.1) is 10.5 Å². The van der Waals surface area contributed by atoms with Crippen LogP contribution in [0.1, 0.15) is 23.3 Å². The van der Waals surface area contributed by atoms with E-state index in [0.717, 1.165) is 18.6 Å². The summed E-state index contributed by atoms with van der Waals surface area (Å²) in [5, 5.41) is 16.2. The number of thiophene rings is 1. The zero-order valence-electron chi connectivity index (χ0n) is 15.4. The van der Waals surface area contributed by atoms with E-state index in [1.54, 1.807) is 16.2 Å². The molecule has 29 heavy (non-hydrogen) atoms. The molecule has 10 heteroatoms. The number of nitro benzene ring substituents is 1. The number of alkyl halides is 3. The van der Waals surface area contributed by atoms with Gasteiger partial charge in [-0.2, -0.15) is 13.2 Å². The molecule has 0 radical (unpaired) electrons. The van der Waals surface area contributed by atoms with E-state index in [1.807, 2.05) is 17.5 Å². The molecule has 0 atom stereocenters. The van der Waals surface area contributed by atoms with Gasteiger partial charge in [0.15, 0.2) is 0 Å². The summed E-state index contributed by atoms with van der Waals surface area (Å²) in [7, 11) is 0. The lowest BCUT2D eigenvalue weighted by molar-refractivity contribution is -0.384. The van der Waals surface area contributed by atoms with Gasteiger partial charge in [-0.3, -0.25) is 14.9 Å². The highest BCUT2D eigenvalue weighted by molar-refractivity contribution is 7.09. The van der Waals surface area contributed by atoms with Crippen molar-refractivity contribution < 1.29 is 22.9 Å². The first kappa shape index (κ1) is 21.1. The molecule has 1 fully saturated rings. The van der Waals surface area contributed by atoms with E-state index in [4.69, 9.17) is 0 Å². The molecule has 1 aromatic heterocycles. The summed E-state index contributed by atoms with van der Waals surface area (Å²) in [5.41, 5.74) is -1.47. The summed E-state index contributed by atoms with van der Waals surface area (Å²) in [4.78, 5) is 25.7. The zero-order chi connectivity index (χ0) is 21.0. The Hall–Kier alpha value is -2.62. The number of hydrogen-bond donors (Lipinski definition) is 1. The first-order chi connectivity index (χ1) is 13.8. The van der Waals surface area contributed by atoms with Crippen molar-refractivity contribution >= 4 is 28.6 Å². The summed E-state index contributed by atoms with van der Waals surface area (Å²) in [6.07, 6.45) is -2.90. The number of piperidine rings is 1. The van der Waals surface area contributed by atoms with Crippen molar-refractivity contribution in [3.63, 3.8) is 0 Å². The van der Waals surface area contributed by atoms with E-state index in [2.05, 4.69) is 5.32 Å². The van der Waals surface area contributed by atoms with Crippen LogP contribution in [-0.4, -0.2) is 30.5 Å². The Morgan fingerprint density at radius 3 is 2.59 bits per heavy atom. The van der Waals surface area contributed by atoms with Crippen LogP contribution in [0.4, 0.5) is 24.5 Å². The third-order valence-electron chi connectivity index (χ3n) is 4.96. The molecule has 2 aromatic rings. The van der Waals surface area contributed by atoms with Crippen molar-refractivity contribution in [2.45, 2.75) is 25.4 Å². The first-order valence-corrected chi connectivity index (χ1v) is 10.0. The van der Waals surface area contributed by atoms with Crippen LogP contribution >= 0.6 is 11.3 Å². The summed E-state index contributed by atoms with van der Waals surface area (Å²) in [5.74, 6) is -0.258. The van der Waals surface area contributed by atoms with E-state index < -0.39 is 22.4 Å². The fourth-order valence-corrected chi connectivity index (χ4v) is 4.11. The van der Waals surface area contributed by atoms with Crippen molar-refractivity contribution in [2.24, 2.45) is 5.92 Å². The fourth-order valence-electron chi connectivity index (χ4n) is 3.40. The fraction of sp³-hybridized carbons (Fsp3) is 0.421. The maximum absolute atomic E-state index is 12.9. The van der Waals surface area contributed by atoms with Crippen molar-refractivity contribution in [3.05, 3.63) is 56.3 Å². The van der Waals surface area contributed by atoms with E-state index in [0.29, 0.717) is 38.5 Å². The van der Waals surface area contributed by atoms with Crippen LogP contribution in [0.15, 0.2) is 35.7 Å². The second kappa shape index (κ2) is 8.81. The molecule has 0 bridgehead atoms. The molecule has 0 spiro atoms. The molecule has 2 heterocycles. The van der Waals surface area contributed by atoms with E-state index in [-0.39, 0.29) is 17.5 Å². The maximum atomic E-state index is 12.9. The van der Waals surface area contributed by atoms with Crippen molar-refractivity contribution in [1.82, 2.24) is 5.32 Å². The highest BCUT2D eigenvalue weighted by Gasteiger charge is 2.34. The molecule has 1 aromatic carbocycles. The molecule has 1 aliphatic heterocycles. The van der Waals surface area contributed by atoms with Gasteiger partial charge >= 0.3 is 6.18 Å². The second-order valence-corrected chi connectivity index (χ2v) is 7.87. The number of halogens is 3. The molecule has 0 unspecified atom stereocenters. The van der Waals surface area contributed by atoms with Gasteiger partial charge in [-0.1, -0.05) is 6.07 Å². The van der Waals surface area contributed by atoms with Crippen molar-refractivity contribution in [2.75, 3.05) is 24.5 Å². The Morgan fingerprint density at radius 1 is 1.28 bits per heavy atom. The largest absolute Gasteiger partial charge is 0.416 e. The molecule has 1 amide bonds. The second-order valence-electron chi connectivity index (χ2n) is 6.84. The van der Waals surface area contributed by atoms with Crippen LogP contribution in [-0.2, 0) is 17.4 Å². The quantitative estimate of drug-likeness (QED) is 0.552. The minimum absolute atomic E-state index is 0.0527. The number of hydrogen-bond acceptors (Lipinski definition) is 5. The smallest absolute Gasteiger partial charge is 0.366 e. The molecule has 6 nitrogen and oxygen atoms in total. The Kier molecular flexibility index (Phi) is 6.41. The SMILES string of the molecule is O=C(NCCc1cccs1)C1CCN(c2ccc(C(F)(F)F)cc2[N+](=O)[O-])CC1. The highest BCUT2D eigenvalue weighted by Crippen LogP contribution is 2.37. The Labute approximate surface area is 169 Å². The number of rotatable bonds is 6. The van der Waals surface area contributed by atoms with Gasteiger partial charge in [-0.25, -0.2) is 0 Å². The summed E-state index contributed by atoms with van der Waals surface area (Å²) < 4.78 is 38.6. The maximum Gasteiger partial charge on any atom is 0.416 e. The molecular formula is C19H20F3N3O3S. The molecule has 1 saturated heterocycles. The van der Waals surface area contributed by atoms with Crippen LogP contribution in [0.2, 0.25) is 0 Å². The Balaban J connectivity index is 1.58. The van der Waals surface area contributed by atoms with Gasteiger partial charge < -0.3 is 10.2 Å². The van der Waals surface area contributed by atoms with Crippen LogP contribution in [0, 0.1) is 16.0 Å². The Bertz CT molecular complexity index is 863. The summed E-state index contributed by atoms with van der Waals surface area (Å²) in [6, 6.07) is 6.52. The van der Waals surface area contributed by atoms with Gasteiger partial charge in [0.1, 0.15) is 5.69 Å². The number of nitrogens with zero attached hydrogens (tertiary/aromatic N) is 2. The minimum atomic E-state index is -4.64. The van der Waals surface area contributed by atoms with Crippen LogP contribution in [0.3, 0.4) is 0 Å². The molecule has 1 N–H and O–H groups in total. The normalized spacial score (nSPS) is 15.3. The molecule has 3 rings (SSSR count).